The monoisotopic (exact) mass is 236 g/mol. The summed E-state index contributed by atoms with van der Waals surface area (Å²) >= 11 is 6.14. The molecule has 0 amide bonds. The normalized spacial score (nSPS) is 12.3. The van der Waals surface area contributed by atoms with Gasteiger partial charge in [0.15, 0.2) is 0 Å². The van der Waals surface area contributed by atoms with Crippen LogP contribution >= 0.6 is 24.0 Å². The highest BCUT2D eigenvalue weighted by Crippen LogP contribution is 2.30. The lowest BCUT2D eigenvalue weighted by molar-refractivity contribution is 0.411. The van der Waals surface area contributed by atoms with Gasteiger partial charge in [0.2, 0.25) is 0 Å². The molecule has 0 fully saturated rings. The van der Waals surface area contributed by atoms with E-state index in [2.05, 4.69) is 57.7 Å². The summed E-state index contributed by atoms with van der Waals surface area (Å²) in [6.07, 6.45) is 1.13. The molecule has 0 aliphatic carbocycles. The van der Waals surface area contributed by atoms with Crippen molar-refractivity contribution in [2.75, 3.05) is 0 Å². The van der Waals surface area contributed by atoms with Gasteiger partial charge in [-0.05, 0) is 34.9 Å². The summed E-state index contributed by atoms with van der Waals surface area (Å²) in [5.41, 5.74) is 1.78. The van der Waals surface area contributed by atoms with E-state index in [1.54, 1.807) is 11.3 Å². The largest absolute Gasteiger partial charge is 0.133 e. The van der Waals surface area contributed by atoms with E-state index >= 15 is 0 Å². The van der Waals surface area contributed by atoms with Gasteiger partial charge in [-0.1, -0.05) is 32.9 Å². The molecule has 1 aromatic carbocycles. The Bertz CT molecular complexity index is 475. The quantitative estimate of drug-likeness (QED) is 0.677. The van der Waals surface area contributed by atoms with Gasteiger partial charge in [-0.3, -0.25) is 0 Å². The van der Waals surface area contributed by atoms with Crippen molar-refractivity contribution in [2.24, 2.45) is 5.41 Å². The zero-order valence-corrected chi connectivity index (χ0v) is 11.1. The van der Waals surface area contributed by atoms with Crippen LogP contribution in [0.1, 0.15) is 26.3 Å². The Morgan fingerprint density at radius 1 is 1.20 bits per heavy atom. The molecular formula is C13H16S2. The second-order valence-corrected chi connectivity index (χ2v) is 7.06. The fraction of sp³-hybridized carbons (Fsp3) is 0.385. The van der Waals surface area contributed by atoms with Crippen LogP contribution in [0.15, 0.2) is 28.5 Å². The Kier molecular flexibility index (Phi) is 2.82. The molecule has 0 atom stereocenters. The minimum atomic E-state index is 0.356. The Labute approximate surface area is 101 Å². The van der Waals surface area contributed by atoms with Gasteiger partial charge in [0.05, 0.1) is 4.21 Å². The second-order valence-electron chi connectivity index (χ2n) is 5.19. The molecular weight excluding hydrogens is 220 g/mol. The van der Waals surface area contributed by atoms with Crippen molar-refractivity contribution in [3.05, 3.63) is 29.8 Å². The number of hydrogen-bond acceptors (Lipinski definition) is 2. The van der Waals surface area contributed by atoms with Crippen LogP contribution < -0.4 is 0 Å². The molecule has 0 saturated carbocycles. The predicted molar refractivity (Wildman–Crippen MR) is 72.2 cm³/mol. The van der Waals surface area contributed by atoms with Crippen molar-refractivity contribution in [1.82, 2.24) is 0 Å². The van der Waals surface area contributed by atoms with E-state index in [0.717, 1.165) is 10.6 Å². The maximum atomic E-state index is 4.38. The molecule has 2 heteroatoms. The molecule has 2 aromatic rings. The fourth-order valence-electron chi connectivity index (χ4n) is 1.78. The first-order valence-corrected chi connectivity index (χ1v) is 6.42. The van der Waals surface area contributed by atoms with E-state index in [0.29, 0.717) is 5.41 Å². The topological polar surface area (TPSA) is 0 Å². The summed E-state index contributed by atoms with van der Waals surface area (Å²) in [5.74, 6) is 0. The van der Waals surface area contributed by atoms with Crippen molar-refractivity contribution in [1.29, 1.82) is 0 Å². The van der Waals surface area contributed by atoms with Gasteiger partial charge in [-0.25, -0.2) is 0 Å². The van der Waals surface area contributed by atoms with Gasteiger partial charge in [0, 0.05) is 4.70 Å². The Morgan fingerprint density at radius 2 is 1.93 bits per heavy atom. The molecule has 0 nitrogen and oxygen atoms in total. The van der Waals surface area contributed by atoms with Crippen LogP contribution in [0.25, 0.3) is 10.1 Å². The summed E-state index contributed by atoms with van der Waals surface area (Å²) < 4.78 is 2.44. The van der Waals surface area contributed by atoms with Crippen molar-refractivity contribution in [3.63, 3.8) is 0 Å². The van der Waals surface area contributed by atoms with E-state index in [-0.39, 0.29) is 0 Å². The average molecular weight is 236 g/mol. The van der Waals surface area contributed by atoms with E-state index in [4.69, 9.17) is 0 Å². The van der Waals surface area contributed by atoms with Crippen LogP contribution in [-0.4, -0.2) is 0 Å². The maximum absolute atomic E-state index is 4.38. The molecule has 0 radical (unpaired) electrons. The number of hydrogen-bond donors (Lipinski definition) is 1. The van der Waals surface area contributed by atoms with Crippen LogP contribution in [0.3, 0.4) is 0 Å². The summed E-state index contributed by atoms with van der Waals surface area (Å²) in [4.78, 5) is 0. The van der Waals surface area contributed by atoms with Crippen molar-refractivity contribution >= 4 is 34.1 Å². The Hall–Kier alpha value is -0.470. The van der Waals surface area contributed by atoms with Crippen LogP contribution in [0.5, 0.6) is 0 Å². The molecule has 0 saturated heterocycles. The smallest absolute Gasteiger partial charge is 0.0580 e. The maximum Gasteiger partial charge on any atom is 0.0580 e. The molecule has 15 heavy (non-hydrogen) atoms. The summed E-state index contributed by atoms with van der Waals surface area (Å²) in [6, 6.07) is 8.86. The minimum Gasteiger partial charge on any atom is -0.133 e. The van der Waals surface area contributed by atoms with Crippen molar-refractivity contribution in [3.8, 4) is 0 Å². The van der Waals surface area contributed by atoms with E-state index in [1.165, 1.54) is 15.6 Å². The lowest BCUT2D eigenvalue weighted by atomic mass is 9.88. The first-order chi connectivity index (χ1) is 6.94. The predicted octanol–water partition coefficient (Wildman–Crippen LogP) is 4.78. The second kappa shape index (κ2) is 3.84. The molecule has 0 aliphatic rings. The summed E-state index contributed by atoms with van der Waals surface area (Å²) in [6.45, 7) is 6.82. The molecule has 1 heterocycles. The van der Waals surface area contributed by atoms with E-state index < -0.39 is 0 Å². The first-order valence-electron chi connectivity index (χ1n) is 5.15. The van der Waals surface area contributed by atoms with Crippen molar-refractivity contribution < 1.29 is 0 Å². The van der Waals surface area contributed by atoms with Gasteiger partial charge in [-0.15, -0.1) is 24.0 Å². The molecule has 0 bridgehead atoms. The molecule has 0 spiro atoms. The Balaban J connectivity index is 2.38. The van der Waals surface area contributed by atoms with Gasteiger partial charge in [-0.2, -0.15) is 0 Å². The highest BCUT2D eigenvalue weighted by molar-refractivity contribution is 7.83. The van der Waals surface area contributed by atoms with Crippen LogP contribution in [0.2, 0.25) is 0 Å². The fourth-order valence-corrected chi connectivity index (χ4v) is 3.08. The standard InChI is InChI=1S/C13H16S2/c1-13(2,3)8-9-4-5-10-7-12(14)15-11(10)6-9/h4-7,14H,8H2,1-3H3. The number of thiol groups is 1. The number of benzene rings is 1. The third kappa shape index (κ3) is 2.76. The average Bonchev–Trinajstić information content (AvgIpc) is 2.40. The van der Waals surface area contributed by atoms with Crippen LogP contribution in [0.4, 0.5) is 0 Å². The Morgan fingerprint density at radius 3 is 2.60 bits per heavy atom. The zero-order valence-electron chi connectivity index (χ0n) is 9.37. The summed E-state index contributed by atoms with van der Waals surface area (Å²) in [7, 11) is 0. The highest BCUT2D eigenvalue weighted by atomic mass is 32.2. The summed E-state index contributed by atoms with van der Waals surface area (Å²) in [5, 5.41) is 1.31. The third-order valence-electron chi connectivity index (χ3n) is 2.31. The number of rotatable bonds is 1. The third-order valence-corrected chi connectivity index (χ3v) is 3.61. The van der Waals surface area contributed by atoms with E-state index in [1.807, 2.05) is 0 Å². The minimum absolute atomic E-state index is 0.356. The lowest BCUT2D eigenvalue weighted by Gasteiger charge is -2.17. The SMILES string of the molecule is CC(C)(C)Cc1ccc2cc(S)sc2c1. The van der Waals surface area contributed by atoms with Crippen LogP contribution in [0, 0.1) is 5.41 Å². The molecule has 2 rings (SSSR count). The molecule has 0 N–H and O–H groups in total. The molecule has 0 aliphatic heterocycles. The first kappa shape index (κ1) is 11.0. The van der Waals surface area contributed by atoms with Crippen molar-refractivity contribution in [2.45, 2.75) is 31.4 Å². The highest BCUT2D eigenvalue weighted by Gasteiger charge is 2.11. The van der Waals surface area contributed by atoms with Gasteiger partial charge in [0.1, 0.15) is 0 Å². The molecule has 0 unspecified atom stereocenters. The van der Waals surface area contributed by atoms with Gasteiger partial charge >= 0.3 is 0 Å². The van der Waals surface area contributed by atoms with Gasteiger partial charge < -0.3 is 0 Å². The number of thiophene rings is 1. The number of fused-ring (bicyclic) bond motifs is 1. The zero-order chi connectivity index (χ0) is 11.1. The van der Waals surface area contributed by atoms with Gasteiger partial charge in [0.25, 0.3) is 0 Å². The molecule has 1 aromatic heterocycles. The van der Waals surface area contributed by atoms with Crippen LogP contribution in [-0.2, 0) is 6.42 Å². The molecule has 80 valence electrons. The van der Waals surface area contributed by atoms with E-state index in [9.17, 15) is 0 Å². The lowest BCUT2D eigenvalue weighted by Crippen LogP contribution is -2.08.